The number of nitrogens with one attached hydrogen (secondary N) is 1. The normalized spacial score (nSPS) is 14.6. The Hall–Kier alpha value is -1.53. The van der Waals surface area contributed by atoms with E-state index in [1.54, 1.807) is 0 Å². The van der Waals surface area contributed by atoms with E-state index in [4.69, 9.17) is 5.26 Å². The molecule has 3 nitrogen and oxygen atoms in total. The zero-order chi connectivity index (χ0) is 11.5. The third kappa shape index (κ3) is 2.53. The van der Waals surface area contributed by atoms with Crippen molar-refractivity contribution in [2.24, 2.45) is 0 Å². The van der Waals surface area contributed by atoms with E-state index in [0.717, 1.165) is 17.8 Å². The molecule has 0 amide bonds. The molecule has 1 saturated carbocycles. The Kier molecular flexibility index (Phi) is 3.12. The van der Waals surface area contributed by atoms with E-state index in [1.165, 1.54) is 18.4 Å². The molecule has 0 aliphatic heterocycles. The highest BCUT2D eigenvalue weighted by molar-refractivity contribution is 5.59. The quantitative estimate of drug-likeness (QED) is 0.833. The number of rotatable bonds is 4. The Morgan fingerprint density at radius 1 is 1.44 bits per heavy atom. The molecule has 16 heavy (non-hydrogen) atoms. The first kappa shape index (κ1) is 11.0. The number of hydrogen-bond acceptors (Lipinski definition) is 3. The summed E-state index contributed by atoms with van der Waals surface area (Å²) in [5, 5.41) is 12.5. The monoisotopic (exact) mass is 215 g/mol. The number of anilines is 1. The highest BCUT2D eigenvalue weighted by Gasteiger charge is 2.20. The van der Waals surface area contributed by atoms with Gasteiger partial charge in [0.2, 0.25) is 0 Å². The van der Waals surface area contributed by atoms with Crippen molar-refractivity contribution in [3.05, 3.63) is 29.3 Å². The van der Waals surface area contributed by atoms with Crippen LogP contribution in [0.2, 0.25) is 0 Å². The third-order valence-electron chi connectivity index (χ3n) is 2.84. The molecule has 84 valence electrons. The van der Waals surface area contributed by atoms with Crippen LogP contribution in [-0.4, -0.2) is 20.1 Å². The first-order valence-electron chi connectivity index (χ1n) is 5.64. The summed E-state index contributed by atoms with van der Waals surface area (Å²) < 4.78 is 0. The average molecular weight is 215 g/mol. The van der Waals surface area contributed by atoms with Gasteiger partial charge in [-0.05, 0) is 30.5 Å². The summed E-state index contributed by atoms with van der Waals surface area (Å²) >= 11 is 0. The summed E-state index contributed by atoms with van der Waals surface area (Å²) in [6.45, 7) is 0.868. The molecule has 0 aromatic heterocycles. The largest absolute Gasteiger partial charge is 0.377 e. The molecule has 0 spiro atoms. The van der Waals surface area contributed by atoms with E-state index in [0.29, 0.717) is 6.04 Å². The second-order valence-corrected chi connectivity index (χ2v) is 4.51. The lowest BCUT2D eigenvalue weighted by atomic mass is 10.1. The first-order valence-corrected chi connectivity index (χ1v) is 5.64. The average Bonchev–Trinajstić information content (AvgIpc) is 3.09. The maximum absolute atomic E-state index is 9.08. The van der Waals surface area contributed by atoms with Crippen LogP contribution < -0.4 is 10.2 Å². The van der Waals surface area contributed by atoms with Crippen LogP contribution in [0, 0.1) is 11.3 Å². The number of hydrogen-bond donors (Lipinski definition) is 1. The van der Waals surface area contributed by atoms with Gasteiger partial charge in [-0.2, -0.15) is 5.26 Å². The van der Waals surface area contributed by atoms with E-state index in [1.807, 2.05) is 31.1 Å². The van der Waals surface area contributed by atoms with Crippen LogP contribution in [0.15, 0.2) is 18.2 Å². The fourth-order valence-corrected chi connectivity index (χ4v) is 1.72. The minimum absolute atomic E-state index is 0.707. The van der Waals surface area contributed by atoms with Gasteiger partial charge in [-0.1, -0.05) is 6.07 Å². The van der Waals surface area contributed by atoms with Crippen LogP contribution in [0.5, 0.6) is 0 Å². The smallest absolute Gasteiger partial charge is 0.101 e. The summed E-state index contributed by atoms with van der Waals surface area (Å²) in [5.41, 5.74) is 2.92. The van der Waals surface area contributed by atoms with Gasteiger partial charge in [0.1, 0.15) is 6.07 Å². The van der Waals surface area contributed by atoms with E-state index < -0.39 is 0 Å². The maximum Gasteiger partial charge on any atom is 0.101 e. The molecule has 0 saturated heterocycles. The predicted molar refractivity (Wildman–Crippen MR) is 65.3 cm³/mol. The van der Waals surface area contributed by atoms with Crippen LogP contribution in [0.3, 0.4) is 0 Å². The highest BCUT2D eigenvalue weighted by Crippen LogP contribution is 2.22. The molecule has 0 atom stereocenters. The molecule has 0 heterocycles. The Bertz CT molecular complexity index is 414. The van der Waals surface area contributed by atoms with Gasteiger partial charge < -0.3 is 10.2 Å². The molecule has 3 heteroatoms. The summed E-state index contributed by atoms with van der Waals surface area (Å²) in [6, 6.07) is 9.04. The van der Waals surface area contributed by atoms with Gasteiger partial charge in [0, 0.05) is 26.7 Å². The fourth-order valence-electron chi connectivity index (χ4n) is 1.72. The van der Waals surface area contributed by atoms with Gasteiger partial charge >= 0.3 is 0 Å². The van der Waals surface area contributed by atoms with Crippen molar-refractivity contribution in [1.82, 2.24) is 5.32 Å². The number of benzene rings is 1. The van der Waals surface area contributed by atoms with Crippen molar-refractivity contribution in [3.63, 3.8) is 0 Å². The molecule has 0 radical (unpaired) electrons. The van der Waals surface area contributed by atoms with Gasteiger partial charge in [0.25, 0.3) is 0 Å². The van der Waals surface area contributed by atoms with Crippen molar-refractivity contribution in [2.45, 2.75) is 25.4 Å². The lowest BCUT2D eigenvalue weighted by molar-refractivity contribution is 0.687. The van der Waals surface area contributed by atoms with Gasteiger partial charge in [-0.25, -0.2) is 0 Å². The molecule has 1 aliphatic carbocycles. The van der Waals surface area contributed by atoms with Crippen LogP contribution in [0.4, 0.5) is 5.69 Å². The van der Waals surface area contributed by atoms with Crippen molar-refractivity contribution in [3.8, 4) is 6.07 Å². The molecule has 0 bridgehead atoms. The molecule has 1 N–H and O–H groups in total. The minimum atomic E-state index is 0.707. The highest BCUT2D eigenvalue weighted by atomic mass is 15.1. The van der Waals surface area contributed by atoms with Gasteiger partial charge in [-0.15, -0.1) is 0 Å². The van der Waals surface area contributed by atoms with Crippen molar-refractivity contribution >= 4 is 5.69 Å². The summed E-state index contributed by atoms with van der Waals surface area (Å²) in [6.07, 6.45) is 2.59. The standard InChI is InChI=1S/C13H17N3/c1-16(2)13-6-3-10(7-11(13)8-14)9-15-12-4-5-12/h3,6-7,12,15H,4-5,9H2,1-2H3. The molecule has 1 fully saturated rings. The molecule has 1 aliphatic rings. The molecule has 1 aromatic rings. The van der Waals surface area contributed by atoms with Gasteiger partial charge in [0.15, 0.2) is 0 Å². The molecular formula is C13H17N3. The molecule has 1 aromatic carbocycles. The molecule has 0 unspecified atom stereocenters. The van der Waals surface area contributed by atoms with Gasteiger partial charge in [-0.3, -0.25) is 0 Å². The summed E-state index contributed by atoms with van der Waals surface area (Å²) in [7, 11) is 3.91. The first-order chi connectivity index (χ1) is 7.70. The van der Waals surface area contributed by atoms with Gasteiger partial charge in [0.05, 0.1) is 11.3 Å². The van der Waals surface area contributed by atoms with Crippen LogP contribution in [0.25, 0.3) is 0 Å². The Morgan fingerprint density at radius 2 is 2.19 bits per heavy atom. The predicted octanol–water partition coefficient (Wildman–Crippen LogP) is 1.88. The van der Waals surface area contributed by atoms with Crippen LogP contribution >= 0.6 is 0 Å². The van der Waals surface area contributed by atoms with Crippen molar-refractivity contribution in [2.75, 3.05) is 19.0 Å². The van der Waals surface area contributed by atoms with E-state index in [9.17, 15) is 0 Å². The van der Waals surface area contributed by atoms with E-state index >= 15 is 0 Å². The molecule has 2 rings (SSSR count). The van der Waals surface area contributed by atoms with E-state index in [-0.39, 0.29) is 0 Å². The SMILES string of the molecule is CN(C)c1ccc(CNC2CC2)cc1C#N. The zero-order valence-corrected chi connectivity index (χ0v) is 9.83. The minimum Gasteiger partial charge on any atom is -0.377 e. The van der Waals surface area contributed by atoms with Crippen molar-refractivity contribution < 1.29 is 0 Å². The Balaban J connectivity index is 2.12. The van der Waals surface area contributed by atoms with Crippen LogP contribution in [0.1, 0.15) is 24.0 Å². The number of nitrogens with zero attached hydrogens (tertiary/aromatic N) is 2. The van der Waals surface area contributed by atoms with Crippen molar-refractivity contribution in [1.29, 1.82) is 5.26 Å². The second kappa shape index (κ2) is 4.54. The summed E-state index contributed by atoms with van der Waals surface area (Å²) in [5.74, 6) is 0. The Labute approximate surface area is 96.7 Å². The molecular weight excluding hydrogens is 198 g/mol. The summed E-state index contributed by atoms with van der Waals surface area (Å²) in [4.78, 5) is 1.97. The topological polar surface area (TPSA) is 39.1 Å². The number of nitriles is 1. The lowest BCUT2D eigenvalue weighted by Crippen LogP contribution is -2.16. The Morgan fingerprint density at radius 3 is 2.75 bits per heavy atom. The third-order valence-corrected chi connectivity index (χ3v) is 2.84. The zero-order valence-electron chi connectivity index (χ0n) is 9.83. The lowest BCUT2D eigenvalue weighted by Gasteiger charge is -2.15. The van der Waals surface area contributed by atoms with Crippen LogP contribution in [-0.2, 0) is 6.54 Å². The second-order valence-electron chi connectivity index (χ2n) is 4.51. The fraction of sp³-hybridized carbons (Fsp3) is 0.462. The van der Waals surface area contributed by atoms with E-state index in [2.05, 4.69) is 17.5 Å². The maximum atomic E-state index is 9.08.